The molecule has 0 unspecified atom stereocenters. The predicted octanol–water partition coefficient (Wildman–Crippen LogP) is 7.05. The van der Waals surface area contributed by atoms with Crippen molar-refractivity contribution in [3.05, 3.63) is 0 Å². The fourth-order valence-electron chi connectivity index (χ4n) is 9.07. The molecule has 1 heterocycles. The van der Waals surface area contributed by atoms with Crippen LogP contribution < -0.4 is 0 Å². The third kappa shape index (κ3) is 3.57. The van der Waals surface area contributed by atoms with Crippen LogP contribution in [0.5, 0.6) is 0 Å². The van der Waals surface area contributed by atoms with Crippen LogP contribution >= 0.6 is 20.4 Å². The Morgan fingerprint density at radius 3 is 2.55 bits per heavy atom. The van der Waals surface area contributed by atoms with E-state index in [9.17, 15) is 0 Å². The van der Waals surface area contributed by atoms with E-state index in [-0.39, 0.29) is 0 Å². The van der Waals surface area contributed by atoms with Crippen molar-refractivity contribution in [2.75, 3.05) is 11.5 Å². The third-order valence-corrected chi connectivity index (χ3v) is 15.6. The fraction of sp³-hybridized carbons (Fsp3) is 0.923. The van der Waals surface area contributed by atoms with Crippen LogP contribution in [-0.4, -0.2) is 26.7 Å². The van der Waals surface area contributed by atoms with Gasteiger partial charge in [0.1, 0.15) is 0 Å². The SMILES string of the molecule is C[C@@H](CI1N=CC=[N+]1C)[C@H]1CC[C@H]2[C@@H]3CC[C@H]4CC(C)(C)CC[C@@H]4[C@H]3CC[C@]12C. The molecule has 0 N–H and O–H groups in total. The van der Waals surface area contributed by atoms with E-state index in [0.717, 1.165) is 41.4 Å². The summed E-state index contributed by atoms with van der Waals surface area (Å²) in [6.45, 7) is 10.4. The van der Waals surface area contributed by atoms with E-state index in [4.69, 9.17) is 3.21 Å². The number of hydrogen-bond acceptors (Lipinski definition) is 1. The first-order valence-corrected chi connectivity index (χ1v) is 16.0. The normalized spacial score (nSPS) is 47.9. The Balaban J connectivity index is 1.30. The Morgan fingerprint density at radius 2 is 1.79 bits per heavy atom. The maximum atomic E-state index is 4.88. The van der Waals surface area contributed by atoms with Gasteiger partial charge in [0.2, 0.25) is 0 Å². The second-order valence-electron chi connectivity index (χ2n) is 12.4. The van der Waals surface area contributed by atoms with Crippen LogP contribution in [0.3, 0.4) is 0 Å². The number of nitrogens with zero attached hydrogens (tertiary/aromatic N) is 2. The van der Waals surface area contributed by atoms with Gasteiger partial charge in [0.15, 0.2) is 0 Å². The molecule has 5 rings (SSSR count). The van der Waals surface area contributed by atoms with E-state index in [2.05, 4.69) is 50.0 Å². The predicted molar refractivity (Wildman–Crippen MR) is 133 cm³/mol. The summed E-state index contributed by atoms with van der Waals surface area (Å²) in [6.07, 6.45) is 18.1. The molecule has 4 fully saturated rings. The number of alkyl halides is 1. The molecule has 5 aliphatic rings. The van der Waals surface area contributed by atoms with Crippen molar-refractivity contribution >= 4 is 32.8 Å². The van der Waals surface area contributed by atoms with Gasteiger partial charge in [-0.25, -0.2) is 0 Å². The van der Waals surface area contributed by atoms with Crippen molar-refractivity contribution in [2.24, 2.45) is 55.5 Å². The van der Waals surface area contributed by atoms with Gasteiger partial charge in [-0.2, -0.15) is 0 Å². The molecule has 4 saturated carbocycles. The van der Waals surface area contributed by atoms with Gasteiger partial charge in [0.25, 0.3) is 0 Å². The zero-order valence-electron chi connectivity index (χ0n) is 19.5. The zero-order valence-corrected chi connectivity index (χ0v) is 21.7. The molecule has 29 heavy (non-hydrogen) atoms. The summed E-state index contributed by atoms with van der Waals surface area (Å²) in [6, 6.07) is 0. The maximum absolute atomic E-state index is 4.88. The van der Waals surface area contributed by atoms with Gasteiger partial charge >= 0.3 is 188 Å². The molecule has 3 heteroatoms. The Morgan fingerprint density at radius 1 is 1.00 bits per heavy atom. The Bertz CT molecular complexity index is 697. The average molecular weight is 512 g/mol. The molecule has 0 radical (unpaired) electrons. The van der Waals surface area contributed by atoms with Gasteiger partial charge in [0.05, 0.1) is 0 Å². The first-order chi connectivity index (χ1) is 13.8. The standard InChI is InChI=1S/C26H44IN2/c1-18(17-27-28-14-15-29(27)5)23-8-9-24-22-7-6-19-16-25(2,3)12-10-20(19)21(22)11-13-26(23,24)4/h14-15,18-24H,6-13,16-17H2,1-5H3/q+1/t18-,19-,20-,21+,22+,23+,24-,26+/m0/s1. The van der Waals surface area contributed by atoms with Crippen molar-refractivity contribution in [1.82, 2.24) is 0 Å². The van der Waals surface area contributed by atoms with Gasteiger partial charge in [-0.3, -0.25) is 0 Å². The van der Waals surface area contributed by atoms with Crippen molar-refractivity contribution in [3.63, 3.8) is 0 Å². The summed E-state index contributed by atoms with van der Waals surface area (Å²) in [5.74, 6) is 7.13. The van der Waals surface area contributed by atoms with E-state index >= 15 is 0 Å². The summed E-state index contributed by atoms with van der Waals surface area (Å²) in [4.78, 5) is 0. The van der Waals surface area contributed by atoms with Crippen LogP contribution in [0.25, 0.3) is 0 Å². The summed E-state index contributed by atoms with van der Waals surface area (Å²) in [5.41, 5.74) is 1.24. The molecule has 0 saturated heterocycles. The van der Waals surface area contributed by atoms with Crippen LogP contribution in [0.2, 0.25) is 0 Å². The zero-order chi connectivity index (χ0) is 20.4. The second kappa shape index (κ2) is 7.59. The Hall–Kier alpha value is 0.0700. The van der Waals surface area contributed by atoms with Gasteiger partial charge in [-0.05, 0) is 0 Å². The second-order valence-corrected chi connectivity index (χ2v) is 17.2. The number of hydrogen-bond donors (Lipinski definition) is 0. The molecule has 1 aliphatic heterocycles. The van der Waals surface area contributed by atoms with E-state index in [0.29, 0.717) is 10.8 Å². The van der Waals surface area contributed by atoms with E-state index < -0.39 is 20.4 Å². The topological polar surface area (TPSA) is 15.4 Å². The molecule has 2 nitrogen and oxygen atoms in total. The molecule has 0 aromatic heterocycles. The fourth-order valence-corrected chi connectivity index (χ4v) is 13.2. The average Bonchev–Trinajstić information content (AvgIpc) is 3.23. The van der Waals surface area contributed by atoms with Crippen LogP contribution in [0.4, 0.5) is 0 Å². The molecule has 0 bridgehead atoms. The summed E-state index contributed by atoms with van der Waals surface area (Å²) >= 11 is -1.28. The first kappa shape index (κ1) is 20.9. The Kier molecular flexibility index (Phi) is 5.48. The molecule has 0 amide bonds. The van der Waals surface area contributed by atoms with Crippen LogP contribution in [0.1, 0.15) is 85.5 Å². The Labute approximate surface area is 187 Å². The van der Waals surface area contributed by atoms with E-state index in [1.54, 1.807) is 19.3 Å². The third-order valence-electron chi connectivity index (χ3n) is 10.4. The van der Waals surface area contributed by atoms with Gasteiger partial charge < -0.3 is 0 Å². The molecule has 0 aromatic rings. The molecular formula is C26H44IN2+. The van der Waals surface area contributed by atoms with Gasteiger partial charge in [-0.1, -0.05) is 0 Å². The molecule has 8 atom stereocenters. The molecule has 0 aromatic carbocycles. The quantitative estimate of drug-likeness (QED) is 0.219. The minimum atomic E-state index is -1.28. The van der Waals surface area contributed by atoms with Crippen LogP contribution in [0.15, 0.2) is 3.21 Å². The van der Waals surface area contributed by atoms with Gasteiger partial charge in [-0.15, -0.1) is 0 Å². The molecule has 164 valence electrons. The molecule has 0 spiro atoms. The van der Waals surface area contributed by atoms with E-state index in [1.165, 1.54) is 43.0 Å². The number of halogens is 1. The number of fused-ring (bicyclic) bond motifs is 5. The summed E-state index contributed by atoms with van der Waals surface area (Å²) in [5, 5.41) is 0. The van der Waals surface area contributed by atoms with Crippen molar-refractivity contribution < 1.29 is 2.79 Å². The van der Waals surface area contributed by atoms with Crippen LogP contribution in [0, 0.1) is 52.3 Å². The summed E-state index contributed by atoms with van der Waals surface area (Å²) < 4.78 is 8.75. The van der Waals surface area contributed by atoms with E-state index in [1.807, 2.05) is 0 Å². The van der Waals surface area contributed by atoms with Crippen molar-refractivity contribution in [2.45, 2.75) is 85.5 Å². The van der Waals surface area contributed by atoms with Crippen molar-refractivity contribution in [3.8, 4) is 0 Å². The van der Waals surface area contributed by atoms with Gasteiger partial charge in [0, 0.05) is 0 Å². The van der Waals surface area contributed by atoms with Crippen molar-refractivity contribution in [1.29, 1.82) is 0 Å². The molecule has 4 aliphatic carbocycles. The molecular weight excluding hydrogens is 467 g/mol. The number of rotatable bonds is 3. The monoisotopic (exact) mass is 511 g/mol. The first-order valence-electron chi connectivity index (χ1n) is 12.6. The van der Waals surface area contributed by atoms with Crippen LogP contribution in [-0.2, 0) is 0 Å². The minimum absolute atomic E-state index is 0.614. The summed E-state index contributed by atoms with van der Waals surface area (Å²) in [7, 11) is 2.26.